The number of hydrogen-bond donors (Lipinski definition) is 2. The number of nitrogens with two attached hydrogens (primary N) is 1. The van der Waals surface area contributed by atoms with Crippen LogP contribution in [0.4, 0.5) is 11.4 Å². The maximum Gasteiger partial charge on any atom is 0.256 e. The maximum atomic E-state index is 12.1. The SMILES string of the molecule is Nc1ccccc1NC(=O)c1cc(Cl)ccc1Br. The van der Waals surface area contributed by atoms with Crippen LogP contribution in [0.15, 0.2) is 46.9 Å². The van der Waals surface area contributed by atoms with Gasteiger partial charge in [-0.25, -0.2) is 0 Å². The fourth-order valence-electron chi connectivity index (χ4n) is 1.47. The van der Waals surface area contributed by atoms with Gasteiger partial charge in [-0.3, -0.25) is 4.79 Å². The summed E-state index contributed by atoms with van der Waals surface area (Å²) in [5, 5.41) is 3.25. The lowest BCUT2D eigenvalue weighted by atomic mass is 10.2. The Morgan fingerprint density at radius 1 is 1.22 bits per heavy atom. The van der Waals surface area contributed by atoms with Crippen LogP contribution in [0.25, 0.3) is 0 Å². The number of carbonyl (C=O) groups excluding carboxylic acids is 1. The van der Waals surface area contributed by atoms with E-state index >= 15 is 0 Å². The van der Waals surface area contributed by atoms with Gasteiger partial charge in [0.15, 0.2) is 0 Å². The summed E-state index contributed by atoms with van der Waals surface area (Å²) in [6, 6.07) is 12.1. The molecule has 3 nitrogen and oxygen atoms in total. The zero-order valence-corrected chi connectivity index (χ0v) is 11.6. The van der Waals surface area contributed by atoms with E-state index in [9.17, 15) is 4.79 Å². The molecule has 0 radical (unpaired) electrons. The van der Waals surface area contributed by atoms with Crippen LogP contribution in [-0.2, 0) is 0 Å². The van der Waals surface area contributed by atoms with Crippen molar-refractivity contribution >= 4 is 44.8 Å². The molecule has 18 heavy (non-hydrogen) atoms. The molecular formula is C13H10BrClN2O. The lowest BCUT2D eigenvalue weighted by Gasteiger charge is -2.09. The number of halogens is 2. The number of hydrogen-bond acceptors (Lipinski definition) is 2. The molecule has 3 N–H and O–H groups in total. The van der Waals surface area contributed by atoms with E-state index in [1.54, 1.807) is 42.5 Å². The van der Waals surface area contributed by atoms with Gasteiger partial charge in [0, 0.05) is 9.50 Å². The Hall–Kier alpha value is -1.52. The third kappa shape index (κ3) is 2.83. The fraction of sp³-hybridized carbons (Fsp3) is 0. The van der Waals surface area contributed by atoms with E-state index in [4.69, 9.17) is 17.3 Å². The topological polar surface area (TPSA) is 55.1 Å². The molecule has 0 aliphatic carbocycles. The van der Waals surface area contributed by atoms with Gasteiger partial charge in [-0.1, -0.05) is 23.7 Å². The first-order chi connectivity index (χ1) is 8.58. The lowest BCUT2D eigenvalue weighted by Crippen LogP contribution is -2.13. The molecule has 2 aromatic carbocycles. The van der Waals surface area contributed by atoms with E-state index in [-0.39, 0.29) is 5.91 Å². The highest BCUT2D eigenvalue weighted by atomic mass is 79.9. The minimum absolute atomic E-state index is 0.262. The van der Waals surface area contributed by atoms with Crippen molar-refractivity contribution < 1.29 is 4.79 Å². The van der Waals surface area contributed by atoms with E-state index in [0.29, 0.717) is 26.4 Å². The maximum absolute atomic E-state index is 12.1. The van der Waals surface area contributed by atoms with Gasteiger partial charge < -0.3 is 11.1 Å². The summed E-state index contributed by atoms with van der Waals surface area (Å²) in [6.07, 6.45) is 0. The summed E-state index contributed by atoms with van der Waals surface area (Å²) in [7, 11) is 0. The van der Waals surface area contributed by atoms with Crippen molar-refractivity contribution in [2.75, 3.05) is 11.1 Å². The van der Waals surface area contributed by atoms with Crippen molar-refractivity contribution in [2.45, 2.75) is 0 Å². The Kier molecular flexibility index (Phi) is 3.89. The molecule has 0 saturated carbocycles. The first kappa shape index (κ1) is 12.9. The fourth-order valence-corrected chi connectivity index (χ4v) is 2.07. The quantitative estimate of drug-likeness (QED) is 0.822. The summed E-state index contributed by atoms with van der Waals surface area (Å²) < 4.78 is 0.680. The monoisotopic (exact) mass is 324 g/mol. The van der Waals surface area contributed by atoms with Gasteiger partial charge in [0.2, 0.25) is 0 Å². The molecule has 0 aliphatic rings. The zero-order chi connectivity index (χ0) is 13.1. The van der Waals surface area contributed by atoms with E-state index in [0.717, 1.165) is 0 Å². The molecule has 0 spiro atoms. The number of nitrogens with one attached hydrogen (secondary N) is 1. The van der Waals surface area contributed by atoms with Crippen molar-refractivity contribution in [1.82, 2.24) is 0 Å². The number of anilines is 2. The minimum atomic E-state index is -0.262. The van der Waals surface area contributed by atoms with E-state index in [1.807, 2.05) is 0 Å². The highest BCUT2D eigenvalue weighted by Gasteiger charge is 2.11. The molecule has 0 unspecified atom stereocenters. The van der Waals surface area contributed by atoms with E-state index < -0.39 is 0 Å². The normalized spacial score (nSPS) is 10.1. The number of rotatable bonds is 2. The molecule has 1 amide bonds. The largest absolute Gasteiger partial charge is 0.397 e. The molecule has 0 aromatic heterocycles. The van der Waals surface area contributed by atoms with E-state index in [2.05, 4.69) is 21.2 Å². The second-order valence-electron chi connectivity index (χ2n) is 3.67. The minimum Gasteiger partial charge on any atom is -0.397 e. The van der Waals surface area contributed by atoms with Gasteiger partial charge in [-0.05, 0) is 46.3 Å². The summed E-state index contributed by atoms with van der Waals surface area (Å²) in [5.74, 6) is -0.262. The molecule has 0 saturated heterocycles. The predicted molar refractivity (Wildman–Crippen MR) is 78.0 cm³/mol. The molecule has 0 aliphatic heterocycles. The Bertz CT molecular complexity index is 601. The third-order valence-electron chi connectivity index (χ3n) is 2.38. The standard InChI is InChI=1S/C13H10BrClN2O/c14-10-6-5-8(15)7-9(10)13(18)17-12-4-2-1-3-11(12)16/h1-7H,16H2,(H,17,18). The van der Waals surface area contributed by atoms with Crippen LogP contribution in [0, 0.1) is 0 Å². The number of nitrogen functional groups attached to an aromatic ring is 1. The first-order valence-corrected chi connectivity index (χ1v) is 6.36. The van der Waals surface area contributed by atoms with Crippen LogP contribution in [-0.4, -0.2) is 5.91 Å². The molecule has 2 aromatic rings. The van der Waals surface area contributed by atoms with Gasteiger partial charge >= 0.3 is 0 Å². The number of benzene rings is 2. The number of para-hydroxylation sites is 2. The highest BCUT2D eigenvalue weighted by Crippen LogP contribution is 2.23. The van der Waals surface area contributed by atoms with Gasteiger partial charge in [-0.2, -0.15) is 0 Å². The van der Waals surface area contributed by atoms with Crippen LogP contribution < -0.4 is 11.1 Å². The number of carbonyl (C=O) groups is 1. The molecule has 0 heterocycles. The second-order valence-corrected chi connectivity index (χ2v) is 4.96. The van der Waals surface area contributed by atoms with Crippen LogP contribution in [0.5, 0.6) is 0 Å². The summed E-state index contributed by atoms with van der Waals surface area (Å²) in [5.41, 5.74) is 7.32. The molecule has 2 rings (SSSR count). The van der Waals surface area contributed by atoms with Crippen molar-refractivity contribution in [1.29, 1.82) is 0 Å². The van der Waals surface area contributed by atoms with Crippen molar-refractivity contribution in [3.8, 4) is 0 Å². The Balaban J connectivity index is 2.28. The smallest absolute Gasteiger partial charge is 0.256 e. The molecule has 0 fully saturated rings. The van der Waals surface area contributed by atoms with Crippen molar-refractivity contribution in [3.05, 3.63) is 57.5 Å². The molecule has 92 valence electrons. The van der Waals surface area contributed by atoms with Crippen molar-refractivity contribution in [2.24, 2.45) is 0 Å². The molecule has 0 atom stereocenters. The average molecular weight is 326 g/mol. The summed E-state index contributed by atoms with van der Waals surface area (Å²) in [4.78, 5) is 12.1. The van der Waals surface area contributed by atoms with Gasteiger partial charge in [0.25, 0.3) is 5.91 Å². The zero-order valence-electron chi connectivity index (χ0n) is 9.28. The Morgan fingerprint density at radius 2 is 1.94 bits per heavy atom. The molecule has 5 heteroatoms. The Labute approximate surface area is 118 Å². The van der Waals surface area contributed by atoms with E-state index in [1.165, 1.54) is 0 Å². The summed E-state index contributed by atoms with van der Waals surface area (Å²) in [6.45, 7) is 0. The highest BCUT2D eigenvalue weighted by molar-refractivity contribution is 9.10. The van der Waals surface area contributed by atoms with Crippen LogP contribution in [0.1, 0.15) is 10.4 Å². The summed E-state index contributed by atoms with van der Waals surface area (Å²) >= 11 is 9.18. The van der Waals surface area contributed by atoms with Crippen LogP contribution >= 0.6 is 27.5 Å². The second kappa shape index (κ2) is 5.42. The Morgan fingerprint density at radius 3 is 2.67 bits per heavy atom. The van der Waals surface area contributed by atoms with Crippen LogP contribution in [0.2, 0.25) is 5.02 Å². The lowest BCUT2D eigenvalue weighted by molar-refractivity contribution is 0.102. The van der Waals surface area contributed by atoms with Crippen molar-refractivity contribution in [3.63, 3.8) is 0 Å². The van der Waals surface area contributed by atoms with Gasteiger partial charge in [0.05, 0.1) is 16.9 Å². The first-order valence-electron chi connectivity index (χ1n) is 5.19. The predicted octanol–water partition coefficient (Wildman–Crippen LogP) is 3.94. The number of amides is 1. The average Bonchev–Trinajstić information content (AvgIpc) is 2.35. The van der Waals surface area contributed by atoms with Gasteiger partial charge in [0.1, 0.15) is 0 Å². The van der Waals surface area contributed by atoms with Crippen LogP contribution in [0.3, 0.4) is 0 Å². The molecular weight excluding hydrogens is 316 g/mol. The third-order valence-corrected chi connectivity index (χ3v) is 3.31. The van der Waals surface area contributed by atoms with Gasteiger partial charge in [-0.15, -0.1) is 0 Å². The molecule has 0 bridgehead atoms.